The van der Waals surface area contributed by atoms with Gasteiger partial charge < -0.3 is 9.84 Å². The number of aliphatic hydroxyl groups is 1. The first kappa shape index (κ1) is 16.0. The summed E-state index contributed by atoms with van der Waals surface area (Å²) >= 11 is 13.5. The van der Waals surface area contributed by atoms with Crippen LogP contribution in [0.4, 0.5) is 0 Å². The number of hydrogen-bond acceptors (Lipinski definition) is 3. The summed E-state index contributed by atoms with van der Waals surface area (Å²) in [5.74, 6) is 2.32. The Labute approximate surface area is 123 Å². The Kier molecular flexibility index (Phi) is 7.91. The quantitative estimate of drug-likeness (QED) is 0.727. The van der Waals surface area contributed by atoms with E-state index in [9.17, 15) is 5.11 Å². The molecule has 0 bridgehead atoms. The first-order valence-corrected chi connectivity index (χ1v) is 7.88. The van der Waals surface area contributed by atoms with Gasteiger partial charge in [0.15, 0.2) is 0 Å². The topological polar surface area (TPSA) is 29.5 Å². The Bertz CT molecular complexity index is 361. The van der Waals surface area contributed by atoms with E-state index in [0.29, 0.717) is 21.5 Å². The van der Waals surface area contributed by atoms with Gasteiger partial charge in [-0.1, -0.05) is 36.5 Å². The highest BCUT2D eigenvalue weighted by molar-refractivity contribution is 7.99. The van der Waals surface area contributed by atoms with Crippen LogP contribution in [0.25, 0.3) is 0 Å². The van der Waals surface area contributed by atoms with Gasteiger partial charge in [0.2, 0.25) is 0 Å². The second-order valence-corrected chi connectivity index (χ2v) is 5.96. The van der Waals surface area contributed by atoms with Gasteiger partial charge in [0.05, 0.1) is 11.1 Å². The van der Waals surface area contributed by atoms with E-state index in [1.54, 1.807) is 30.0 Å². The van der Waals surface area contributed by atoms with E-state index >= 15 is 0 Å². The van der Waals surface area contributed by atoms with Crippen molar-refractivity contribution in [3.8, 4) is 5.75 Å². The van der Waals surface area contributed by atoms with Crippen molar-refractivity contribution in [2.75, 3.05) is 18.1 Å². The maximum absolute atomic E-state index is 9.74. The van der Waals surface area contributed by atoms with Crippen LogP contribution in [-0.2, 0) is 0 Å². The van der Waals surface area contributed by atoms with Crippen molar-refractivity contribution in [3.05, 3.63) is 28.2 Å². The minimum Gasteiger partial charge on any atom is -0.489 e. The second kappa shape index (κ2) is 8.92. The summed E-state index contributed by atoms with van der Waals surface area (Å²) in [6, 6.07) is 5.05. The van der Waals surface area contributed by atoms with Crippen molar-refractivity contribution < 1.29 is 9.84 Å². The van der Waals surface area contributed by atoms with Crippen molar-refractivity contribution in [2.45, 2.75) is 25.9 Å². The molecule has 1 rings (SSSR count). The van der Waals surface area contributed by atoms with Crippen molar-refractivity contribution in [3.63, 3.8) is 0 Å². The van der Waals surface area contributed by atoms with Gasteiger partial charge in [-0.25, -0.2) is 0 Å². The van der Waals surface area contributed by atoms with Gasteiger partial charge >= 0.3 is 0 Å². The molecule has 1 aromatic carbocycles. The van der Waals surface area contributed by atoms with Crippen LogP contribution in [0.1, 0.15) is 19.8 Å². The lowest BCUT2D eigenvalue weighted by Gasteiger charge is -2.13. The molecule has 102 valence electrons. The van der Waals surface area contributed by atoms with Crippen LogP contribution >= 0.6 is 35.0 Å². The molecule has 0 aromatic heterocycles. The minimum atomic E-state index is -0.474. The minimum absolute atomic E-state index is 0.250. The summed E-state index contributed by atoms with van der Waals surface area (Å²) in [5, 5.41) is 10.8. The molecule has 0 saturated heterocycles. The van der Waals surface area contributed by atoms with Crippen LogP contribution in [0, 0.1) is 0 Å². The molecule has 1 N–H and O–H groups in total. The predicted molar refractivity (Wildman–Crippen MR) is 80.2 cm³/mol. The number of benzene rings is 1. The highest BCUT2D eigenvalue weighted by Crippen LogP contribution is 2.27. The number of rotatable bonds is 8. The third-order valence-electron chi connectivity index (χ3n) is 2.28. The number of unbranched alkanes of at least 4 members (excludes halogenated alkanes) is 1. The van der Waals surface area contributed by atoms with Crippen LogP contribution in [0.5, 0.6) is 5.75 Å². The maximum atomic E-state index is 9.74. The summed E-state index contributed by atoms with van der Waals surface area (Å²) in [7, 11) is 0. The largest absolute Gasteiger partial charge is 0.489 e. The molecule has 0 fully saturated rings. The van der Waals surface area contributed by atoms with Crippen molar-refractivity contribution in [2.24, 2.45) is 0 Å². The molecule has 1 aromatic rings. The molecule has 0 aliphatic heterocycles. The zero-order valence-corrected chi connectivity index (χ0v) is 12.7. The number of halogens is 2. The highest BCUT2D eigenvalue weighted by Gasteiger charge is 2.07. The Morgan fingerprint density at radius 2 is 2.17 bits per heavy atom. The molecule has 0 radical (unpaired) electrons. The molecule has 0 aliphatic carbocycles. The zero-order valence-electron chi connectivity index (χ0n) is 10.4. The van der Waals surface area contributed by atoms with Gasteiger partial charge in [0.1, 0.15) is 12.4 Å². The summed E-state index contributed by atoms with van der Waals surface area (Å²) in [6.07, 6.45) is 1.89. The molecule has 5 heteroatoms. The van der Waals surface area contributed by atoms with Crippen molar-refractivity contribution in [1.82, 2.24) is 0 Å². The summed E-state index contributed by atoms with van der Waals surface area (Å²) in [6.45, 7) is 2.41. The Hall–Kier alpha value is -0.0900. The maximum Gasteiger partial charge on any atom is 0.138 e. The Balaban J connectivity index is 2.27. The average molecular weight is 309 g/mol. The molecular weight excluding hydrogens is 291 g/mol. The van der Waals surface area contributed by atoms with E-state index in [1.807, 2.05) is 0 Å². The normalized spacial score (nSPS) is 12.4. The zero-order chi connectivity index (χ0) is 13.4. The molecule has 1 unspecified atom stereocenters. The molecule has 0 heterocycles. The number of ether oxygens (including phenoxy) is 1. The third-order valence-corrected chi connectivity index (χ3v) is 4.01. The molecule has 18 heavy (non-hydrogen) atoms. The first-order valence-electron chi connectivity index (χ1n) is 5.97. The smallest absolute Gasteiger partial charge is 0.138 e. The fraction of sp³-hybridized carbons (Fsp3) is 0.538. The molecule has 1 atom stereocenters. The molecule has 2 nitrogen and oxygen atoms in total. The van der Waals surface area contributed by atoms with Gasteiger partial charge in [-0.15, -0.1) is 0 Å². The van der Waals surface area contributed by atoms with Crippen LogP contribution in [-0.4, -0.2) is 29.3 Å². The standard InChI is InChI=1S/C13H18Cl2O2S/c1-2-3-6-18-9-11(16)8-17-13-5-4-10(14)7-12(13)15/h4-5,7,11,16H,2-3,6,8-9H2,1H3. The fourth-order valence-corrected chi connectivity index (χ4v) is 2.78. The monoisotopic (exact) mass is 308 g/mol. The average Bonchev–Trinajstić information content (AvgIpc) is 2.33. The Morgan fingerprint density at radius 3 is 2.83 bits per heavy atom. The van der Waals surface area contributed by atoms with Gasteiger partial charge in [-0.2, -0.15) is 11.8 Å². The number of thioether (sulfide) groups is 1. The van der Waals surface area contributed by atoms with Gasteiger partial charge in [0, 0.05) is 10.8 Å². The van der Waals surface area contributed by atoms with Gasteiger partial charge in [0.25, 0.3) is 0 Å². The predicted octanol–water partition coefficient (Wildman–Crippen LogP) is 4.27. The van der Waals surface area contributed by atoms with E-state index in [-0.39, 0.29) is 6.61 Å². The lowest BCUT2D eigenvalue weighted by molar-refractivity contribution is 0.126. The van der Waals surface area contributed by atoms with E-state index in [4.69, 9.17) is 27.9 Å². The van der Waals surface area contributed by atoms with Gasteiger partial charge in [-0.05, 0) is 30.4 Å². The van der Waals surface area contributed by atoms with Crippen LogP contribution < -0.4 is 4.74 Å². The molecule has 0 amide bonds. The molecule has 0 saturated carbocycles. The highest BCUT2D eigenvalue weighted by atomic mass is 35.5. The lowest BCUT2D eigenvalue weighted by atomic mass is 10.3. The fourth-order valence-electron chi connectivity index (χ4n) is 1.29. The van der Waals surface area contributed by atoms with E-state index in [2.05, 4.69) is 6.92 Å². The molecule has 0 spiro atoms. The van der Waals surface area contributed by atoms with E-state index < -0.39 is 6.10 Å². The number of hydrogen-bond donors (Lipinski definition) is 1. The third kappa shape index (κ3) is 6.19. The number of aliphatic hydroxyl groups excluding tert-OH is 1. The lowest BCUT2D eigenvalue weighted by Crippen LogP contribution is -2.20. The Morgan fingerprint density at radius 1 is 1.39 bits per heavy atom. The van der Waals surface area contributed by atoms with E-state index in [0.717, 1.165) is 5.75 Å². The summed E-state index contributed by atoms with van der Waals surface area (Å²) in [4.78, 5) is 0. The molecule has 0 aliphatic rings. The van der Waals surface area contributed by atoms with Crippen LogP contribution in [0.3, 0.4) is 0 Å². The van der Waals surface area contributed by atoms with E-state index in [1.165, 1.54) is 12.8 Å². The van der Waals surface area contributed by atoms with Crippen LogP contribution in [0.15, 0.2) is 18.2 Å². The summed E-state index contributed by atoms with van der Waals surface area (Å²) in [5.41, 5.74) is 0. The summed E-state index contributed by atoms with van der Waals surface area (Å²) < 4.78 is 5.46. The SMILES string of the molecule is CCCCSCC(O)COc1ccc(Cl)cc1Cl. The second-order valence-electron chi connectivity index (χ2n) is 3.97. The van der Waals surface area contributed by atoms with Crippen LogP contribution in [0.2, 0.25) is 10.0 Å². The van der Waals surface area contributed by atoms with Crippen molar-refractivity contribution >= 4 is 35.0 Å². The first-order chi connectivity index (χ1) is 8.63. The molecular formula is C13H18Cl2O2S. The van der Waals surface area contributed by atoms with Crippen molar-refractivity contribution in [1.29, 1.82) is 0 Å². The van der Waals surface area contributed by atoms with Gasteiger partial charge in [-0.3, -0.25) is 0 Å².